The van der Waals surface area contributed by atoms with Crippen LogP contribution in [0.3, 0.4) is 0 Å². The first kappa shape index (κ1) is 14.3. The lowest BCUT2D eigenvalue weighted by Crippen LogP contribution is -2.43. The van der Waals surface area contributed by atoms with Crippen LogP contribution in [0.1, 0.15) is 38.5 Å². The minimum absolute atomic E-state index is 0.127. The van der Waals surface area contributed by atoms with Gasteiger partial charge in [-0.3, -0.25) is 4.79 Å². The summed E-state index contributed by atoms with van der Waals surface area (Å²) in [5, 5.41) is 2.62. The van der Waals surface area contributed by atoms with E-state index >= 15 is 0 Å². The zero-order valence-corrected chi connectivity index (χ0v) is 11.0. The van der Waals surface area contributed by atoms with Crippen molar-refractivity contribution in [3.8, 4) is 0 Å². The van der Waals surface area contributed by atoms with Crippen molar-refractivity contribution in [2.45, 2.75) is 44.6 Å². The highest BCUT2D eigenvalue weighted by Crippen LogP contribution is 2.27. The van der Waals surface area contributed by atoms with Crippen LogP contribution in [0.15, 0.2) is 0 Å². The molecule has 0 aromatic carbocycles. The number of esters is 1. The molecule has 1 fully saturated rings. The molecule has 0 aliphatic heterocycles. The van der Waals surface area contributed by atoms with Crippen LogP contribution in [0.25, 0.3) is 0 Å². The molecule has 0 aromatic rings. The standard InChI is InChI=1S/C12H20ClNO3/c1-17-12(16)10(14-11(15)8-13)7-9-5-3-2-4-6-9/h9-10H,2-8H2,1H3,(H,14,15)/t10-/m1/s1. The summed E-state index contributed by atoms with van der Waals surface area (Å²) in [5.41, 5.74) is 0. The number of rotatable bonds is 5. The van der Waals surface area contributed by atoms with Gasteiger partial charge in [-0.05, 0) is 12.3 Å². The summed E-state index contributed by atoms with van der Waals surface area (Å²) in [6, 6.07) is -0.547. The molecule has 5 heteroatoms. The Labute approximate surface area is 107 Å². The van der Waals surface area contributed by atoms with Crippen molar-refractivity contribution in [2.24, 2.45) is 5.92 Å². The van der Waals surface area contributed by atoms with Crippen LogP contribution in [0, 0.1) is 5.92 Å². The molecular weight excluding hydrogens is 242 g/mol. The molecule has 1 aliphatic rings. The van der Waals surface area contributed by atoms with Crippen molar-refractivity contribution < 1.29 is 14.3 Å². The molecule has 98 valence electrons. The molecule has 0 saturated heterocycles. The summed E-state index contributed by atoms with van der Waals surface area (Å²) >= 11 is 5.42. The summed E-state index contributed by atoms with van der Waals surface area (Å²) in [7, 11) is 1.34. The number of amides is 1. The van der Waals surface area contributed by atoms with Gasteiger partial charge in [-0.25, -0.2) is 4.79 Å². The third kappa shape index (κ3) is 4.94. The predicted molar refractivity (Wildman–Crippen MR) is 65.9 cm³/mol. The molecule has 0 bridgehead atoms. The van der Waals surface area contributed by atoms with Gasteiger partial charge in [0.2, 0.25) is 5.91 Å². The summed E-state index contributed by atoms with van der Waals surface area (Å²) < 4.78 is 4.70. The number of alkyl halides is 1. The highest BCUT2D eigenvalue weighted by Gasteiger charge is 2.26. The monoisotopic (exact) mass is 261 g/mol. The van der Waals surface area contributed by atoms with E-state index in [4.69, 9.17) is 16.3 Å². The number of methoxy groups -OCH3 is 1. The number of nitrogens with one attached hydrogen (secondary N) is 1. The summed E-state index contributed by atoms with van der Waals surface area (Å²) in [6.45, 7) is 0. The van der Waals surface area contributed by atoms with Gasteiger partial charge in [0.05, 0.1) is 7.11 Å². The Morgan fingerprint density at radius 3 is 2.53 bits per heavy atom. The Bertz CT molecular complexity index is 264. The number of hydrogen-bond acceptors (Lipinski definition) is 3. The lowest BCUT2D eigenvalue weighted by atomic mass is 9.85. The molecule has 0 radical (unpaired) electrons. The molecule has 0 heterocycles. The van der Waals surface area contributed by atoms with Crippen molar-refractivity contribution in [3.63, 3.8) is 0 Å². The lowest BCUT2D eigenvalue weighted by Gasteiger charge is -2.25. The molecule has 17 heavy (non-hydrogen) atoms. The fourth-order valence-electron chi connectivity index (χ4n) is 2.35. The third-order valence-electron chi connectivity index (χ3n) is 3.24. The van der Waals surface area contributed by atoms with Crippen LogP contribution < -0.4 is 5.32 Å². The highest BCUT2D eigenvalue weighted by molar-refractivity contribution is 6.27. The second kappa shape index (κ2) is 7.54. The smallest absolute Gasteiger partial charge is 0.328 e. The SMILES string of the molecule is COC(=O)[C@@H](CC1CCCCC1)NC(=O)CCl. The van der Waals surface area contributed by atoms with Crippen molar-refractivity contribution in [2.75, 3.05) is 13.0 Å². The Morgan fingerprint density at radius 1 is 1.35 bits per heavy atom. The van der Waals surface area contributed by atoms with Gasteiger partial charge in [-0.2, -0.15) is 0 Å². The summed E-state index contributed by atoms with van der Waals surface area (Å²) in [5.74, 6) is -0.326. The van der Waals surface area contributed by atoms with Gasteiger partial charge in [0.1, 0.15) is 11.9 Å². The minimum atomic E-state index is -0.547. The average molecular weight is 262 g/mol. The third-order valence-corrected chi connectivity index (χ3v) is 3.48. The van der Waals surface area contributed by atoms with E-state index < -0.39 is 6.04 Å². The Kier molecular flexibility index (Phi) is 6.34. The van der Waals surface area contributed by atoms with Crippen LogP contribution >= 0.6 is 11.6 Å². The molecule has 0 unspecified atom stereocenters. The van der Waals surface area contributed by atoms with E-state index in [2.05, 4.69) is 5.32 Å². The topological polar surface area (TPSA) is 55.4 Å². The molecular formula is C12H20ClNO3. The second-order valence-electron chi connectivity index (χ2n) is 4.52. The minimum Gasteiger partial charge on any atom is -0.467 e. The first-order valence-electron chi connectivity index (χ1n) is 6.10. The van der Waals surface area contributed by atoms with Gasteiger partial charge in [0.15, 0.2) is 0 Å². The Balaban J connectivity index is 2.49. The zero-order valence-electron chi connectivity index (χ0n) is 10.2. The number of carbonyl (C=O) groups excluding carboxylic acids is 2. The molecule has 1 rings (SSSR count). The van der Waals surface area contributed by atoms with Crippen LogP contribution in [-0.2, 0) is 14.3 Å². The number of hydrogen-bond donors (Lipinski definition) is 1. The average Bonchev–Trinajstić information content (AvgIpc) is 2.38. The van der Waals surface area contributed by atoms with Crippen LogP contribution in [0.4, 0.5) is 0 Å². The zero-order chi connectivity index (χ0) is 12.7. The second-order valence-corrected chi connectivity index (χ2v) is 4.78. The van der Waals surface area contributed by atoms with Gasteiger partial charge in [-0.15, -0.1) is 11.6 Å². The van der Waals surface area contributed by atoms with E-state index in [1.165, 1.54) is 26.4 Å². The molecule has 4 nitrogen and oxygen atoms in total. The Hall–Kier alpha value is -0.770. The molecule has 0 aromatic heterocycles. The lowest BCUT2D eigenvalue weighted by molar-refractivity contribution is -0.145. The normalized spacial score (nSPS) is 18.5. The maximum absolute atomic E-state index is 11.6. The van der Waals surface area contributed by atoms with Gasteiger partial charge >= 0.3 is 5.97 Å². The fraction of sp³-hybridized carbons (Fsp3) is 0.833. The van der Waals surface area contributed by atoms with Crippen molar-refractivity contribution >= 4 is 23.5 Å². The van der Waals surface area contributed by atoms with Crippen LogP contribution in [0.5, 0.6) is 0 Å². The molecule has 1 saturated carbocycles. The number of ether oxygens (including phenoxy) is 1. The largest absolute Gasteiger partial charge is 0.467 e. The quantitative estimate of drug-likeness (QED) is 0.607. The maximum atomic E-state index is 11.6. The van der Waals surface area contributed by atoms with E-state index in [1.54, 1.807) is 0 Å². The van der Waals surface area contributed by atoms with Crippen LogP contribution in [-0.4, -0.2) is 30.9 Å². The maximum Gasteiger partial charge on any atom is 0.328 e. The van der Waals surface area contributed by atoms with Gasteiger partial charge < -0.3 is 10.1 Å². The van der Waals surface area contributed by atoms with Crippen LogP contribution in [0.2, 0.25) is 0 Å². The van der Waals surface area contributed by atoms with E-state index in [-0.39, 0.29) is 17.8 Å². The van der Waals surface area contributed by atoms with Gasteiger partial charge in [0.25, 0.3) is 0 Å². The number of carbonyl (C=O) groups is 2. The predicted octanol–water partition coefficient (Wildman–Crippen LogP) is 1.85. The van der Waals surface area contributed by atoms with E-state index in [0.29, 0.717) is 12.3 Å². The van der Waals surface area contributed by atoms with Crippen molar-refractivity contribution in [3.05, 3.63) is 0 Å². The fourth-order valence-corrected chi connectivity index (χ4v) is 2.42. The first-order valence-corrected chi connectivity index (χ1v) is 6.64. The Morgan fingerprint density at radius 2 is 2.00 bits per heavy atom. The molecule has 1 amide bonds. The van der Waals surface area contributed by atoms with Crippen molar-refractivity contribution in [1.82, 2.24) is 5.32 Å². The summed E-state index contributed by atoms with van der Waals surface area (Å²) in [6.07, 6.45) is 6.61. The first-order chi connectivity index (χ1) is 8.17. The van der Waals surface area contributed by atoms with Gasteiger partial charge in [0, 0.05) is 0 Å². The van der Waals surface area contributed by atoms with E-state index in [9.17, 15) is 9.59 Å². The summed E-state index contributed by atoms with van der Waals surface area (Å²) in [4.78, 5) is 22.8. The van der Waals surface area contributed by atoms with E-state index in [0.717, 1.165) is 12.8 Å². The molecule has 1 atom stereocenters. The van der Waals surface area contributed by atoms with Gasteiger partial charge in [-0.1, -0.05) is 32.1 Å². The molecule has 1 aliphatic carbocycles. The molecule has 1 N–H and O–H groups in total. The molecule has 0 spiro atoms. The highest BCUT2D eigenvalue weighted by atomic mass is 35.5. The van der Waals surface area contributed by atoms with Crippen molar-refractivity contribution in [1.29, 1.82) is 0 Å². The van der Waals surface area contributed by atoms with E-state index in [1.807, 2.05) is 0 Å². The number of halogens is 1.